The van der Waals surface area contributed by atoms with Crippen LogP contribution in [0.1, 0.15) is 18.4 Å². The van der Waals surface area contributed by atoms with E-state index in [1.165, 1.54) is 5.56 Å². The molecule has 0 saturated carbocycles. The summed E-state index contributed by atoms with van der Waals surface area (Å²) in [5.41, 5.74) is 1.19. The maximum Gasteiger partial charge on any atom is 0.225 e. The van der Waals surface area contributed by atoms with Gasteiger partial charge in [0.1, 0.15) is 0 Å². The third-order valence-electron chi connectivity index (χ3n) is 3.38. The molecular weight excluding hydrogens is 242 g/mol. The van der Waals surface area contributed by atoms with Crippen LogP contribution in [0, 0.1) is 0 Å². The molecule has 1 amide bonds. The summed E-state index contributed by atoms with van der Waals surface area (Å²) in [4.78, 5) is 13.7. The van der Waals surface area contributed by atoms with E-state index < -0.39 is 6.10 Å². The van der Waals surface area contributed by atoms with Gasteiger partial charge in [0.25, 0.3) is 0 Å². The minimum atomic E-state index is -0.560. The fourth-order valence-electron chi connectivity index (χ4n) is 2.22. The van der Waals surface area contributed by atoms with Gasteiger partial charge in [-0.05, 0) is 18.4 Å². The van der Waals surface area contributed by atoms with E-state index in [2.05, 4.69) is 0 Å². The van der Waals surface area contributed by atoms with Gasteiger partial charge >= 0.3 is 0 Å². The topological polar surface area (TPSA) is 49.8 Å². The summed E-state index contributed by atoms with van der Waals surface area (Å²) < 4.78 is 5.20. The van der Waals surface area contributed by atoms with Crippen molar-refractivity contribution in [1.29, 1.82) is 0 Å². The van der Waals surface area contributed by atoms with E-state index in [9.17, 15) is 9.90 Å². The number of carbonyl (C=O) groups is 1. The number of amides is 1. The Bertz CT molecular complexity index is 388. The second kappa shape index (κ2) is 7.26. The first-order valence-electron chi connectivity index (χ1n) is 6.83. The number of aliphatic hydroxyl groups excluding tert-OH is 1. The second-order valence-electron chi connectivity index (χ2n) is 4.88. The van der Waals surface area contributed by atoms with E-state index in [4.69, 9.17) is 4.74 Å². The van der Waals surface area contributed by atoms with Crippen molar-refractivity contribution < 1.29 is 14.6 Å². The highest BCUT2D eigenvalue weighted by molar-refractivity contribution is 5.76. The number of hydrogen-bond acceptors (Lipinski definition) is 3. The van der Waals surface area contributed by atoms with Gasteiger partial charge in [0.15, 0.2) is 0 Å². The van der Waals surface area contributed by atoms with E-state index in [0.29, 0.717) is 32.7 Å². The van der Waals surface area contributed by atoms with Crippen LogP contribution >= 0.6 is 0 Å². The molecule has 0 bridgehead atoms. The summed E-state index contributed by atoms with van der Waals surface area (Å²) >= 11 is 0. The molecule has 104 valence electrons. The zero-order chi connectivity index (χ0) is 13.5. The van der Waals surface area contributed by atoms with Gasteiger partial charge in [-0.3, -0.25) is 4.79 Å². The van der Waals surface area contributed by atoms with Gasteiger partial charge in [-0.15, -0.1) is 0 Å². The van der Waals surface area contributed by atoms with E-state index in [1.54, 1.807) is 4.90 Å². The molecule has 4 nitrogen and oxygen atoms in total. The molecule has 1 aliphatic rings. The van der Waals surface area contributed by atoms with Crippen LogP contribution in [0.25, 0.3) is 0 Å². The zero-order valence-corrected chi connectivity index (χ0v) is 11.1. The molecule has 0 aliphatic carbocycles. The summed E-state index contributed by atoms with van der Waals surface area (Å²) in [7, 11) is 0. The first kappa shape index (κ1) is 14.0. The SMILES string of the molecule is O=C(C[C@@H](O)CCc1ccccc1)N1CCOCC1. The molecule has 0 aromatic heterocycles. The van der Waals surface area contributed by atoms with Crippen molar-refractivity contribution in [2.24, 2.45) is 0 Å². The number of aryl methyl sites for hydroxylation is 1. The average Bonchev–Trinajstić information content (AvgIpc) is 2.47. The van der Waals surface area contributed by atoms with Crippen LogP contribution < -0.4 is 0 Å². The number of rotatable bonds is 5. The Morgan fingerprint density at radius 1 is 1.26 bits per heavy atom. The molecule has 4 heteroatoms. The van der Waals surface area contributed by atoms with Gasteiger partial charge in [-0.1, -0.05) is 30.3 Å². The Morgan fingerprint density at radius 2 is 1.95 bits per heavy atom. The predicted octanol–water partition coefficient (Wildman–Crippen LogP) is 1.23. The van der Waals surface area contributed by atoms with Crippen molar-refractivity contribution in [1.82, 2.24) is 4.90 Å². The van der Waals surface area contributed by atoms with Crippen molar-refractivity contribution in [3.8, 4) is 0 Å². The molecule has 1 N–H and O–H groups in total. The summed E-state index contributed by atoms with van der Waals surface area (Å²) in [6.07, 6.45) is 1.08. The smallest absolute Gasteiger partial charge is 0.225 e. The molecule has 1 fully saturated rings. The molecule has 0 spiro atoms. The highest BCUT2D eigenvalue weighted by Crippen LogP contribution is 2.09. The number of carbonyl (C=O) groups excluding carboxylic acids is 1. The molecule has 1 aromatic carbocycles. The monoisotopic (exact) mass is 263 g/mol. The van der Waals surface area contributed by atoms with Crippen LogP contribution in [0.3, 0.4) is 0 Å². The largest absolute Gasteiger partial charge is 0.393 e. The maximum absolute atomic E-state index is 11.9. The van der Waals surface area contributed by atoms with Crippen molar-refractivity contribution in [2.75, 3.05) is 26.3 Å². The number of morpholine rings is 1. The van der Waals surface area contributed by atoms with E-state index in [0.717, 1.165) is 6.42 Å². The fourth-order valence-corrected chi connectivity index (χ4v) is 2.22. The normalized spacial score (nSPS) is 17.2. The minimum Gasteiger partial charge on any atom is -0.393 e. The third kappa shape index (κ3) is 4.65. The van der Waals surface area contributed by atoms with E-state index in [1.807, 2.05) is 30.3 Å². The molecule has 1 atom stereocenters. The van der Waals surface area contributed by atoms with Crippen molar-refractivity contribution in [3.63, 3.8) is 0 Å². The van der Waals surface area contributed by atoms with Crippen LogP contribution in [0.15, 0.2) is 30.3 Å². The molecular formula is C15H21NO3. The van der Waals surface area contributed by atoms with Gasteiger partial charge in [-0.25, -0.2) is 0 Å². The Labute approximate surface area is 114 Å². The first-order valence-corrected chi connectivity index (χ1v) is 6.83. The van der Waals surface area contributed by atoms with Crippen molar-refractivity contribution in [2.45, 2.75) is 25.4 Å². The molecule has 19 heavy (non-hydrogen) atoms. The van der Waals surface area contributed by atoms with Gasteiger partial charge in [0, 0.05) is 13.1 Å². The summed E-state index contributed by atoms with van der Waals surface area (Å²) in [6, 6.07) is 10.0. The molecule has 1 aromatic rings. The van der Waals surface area contributed by atoms with Crippen LogP contribution in [0.5, 0.6) is 0 Å². The van der Waals surface area contributed by atoms with Crippen LogP contribution in [0.4, 0.5) is 0 Å². The number of ether oxygens (including phenoxy) is 1. The fraction of sp³-hybridized carbons (Fsp3) is 0.533. The Balaban J connectivity index is 1.71. The van der Waals surface area contributed by atoms with Gasteiger partial charge in [0.2, 0.25) is 5.91 Å². The molecule has 0 radical (unpaired) electrons. The van der Waals surface area contributed by atoms with Crippen LogP contribution in [-0.4, -0.2) is 48.3 Å². The lowest BCUT2D eigenvalue weighted by Gasteiger charge is -2.27. The first-order chi connectivity index (χ1) is 9.25. The Kier molecular flexibility index (Phi) is 5.36. The van der Waals surface area contributed by atoms with Crippen LogP contribution in [-0.2, 0) is 16.0 Å². The Hall–Kier alpha value is -1.39. The summed E-state index contributed by atoms with van der Waals surface area (Å²) in [5, 5.41) is 9.93. The number of aliphatic hydroxyl groups is 1. The van der Waals surface area contributed by atoms with Gasteiger partial charge < -0.3 is 14.7 Å². The molecule has 1 heterocycles. The van der Waals surface area contributed by atoms with E-state index in [-0.39, 0.29) is 12.3 Å². The molecule has 2 rings (SSSR count). The van der Waals surface area contributed by atoms with Crippen LogP contribution in [0.2, 0.25) is 0 Å². The summed E-state index contributed by atoms with van der Waals surface area (Å²) in [6.45, 7) is 2.49. The Morgan fingerprint density at radius 3 is 2.63 bits per heavy atom. The van der Waals surface area contributed by atoms with E-state index >= 15 is 0 Å². The molecule has 0 unspecified atom stereocenters. The second-order valence-corrected chi connectivity index (χ2v) is 4.88. The lowest BCUT2D eigenvalue weighted by molar-refractivity contribution is -0.137. The number of benzene rings is 1. The van der Waals surface area contributed by atoms with Gasteiger partial charge in [0.05, 0.1) is 25.7 Å². The van der Waals surface area contributed by atoms with Crippen molar-refractivity contribution >= 4 is 5.91 Å². The minimum absolute atomic E-state index is 0.0314. The zero-order valence-electron chi connectivity index (χ0n) is 11.1. The summed E-state index contributed by atoms with van der Waals surface area (Å²) in [5.74, 6) is 0.0314. The lowest BCUT2D eigenvalue weighted by Crippen LogP contribution is -2.41. The van der Waals surface area contributed by atoms with Gasteiger partial charge in [-0.2, -0.15) is 0 Å². The average molecular weight is 263 g/mol. The quantitative estimate of drug-likeness (QED) is 0.869. The number of nitrogens with zero attached hydrogens (tertiary/aromatic N) is 1. The molecule has 1 saturated heterocycles. The number of hydrogen-bond donors (Lipinski definition) is 1. The lowest BCUT2D eigenvalue weighted by atomic mass is 10.0. The van der Waals surface area contributed by atoms with Crippen molar-refractivity contribution in [3.05, 3.63) is 35.9 Å². The highest BCUT2D eigenvalue weighted by Gasteiger charge is 2.19. The third-order valence-corrected chi connectivity index (χ3v) is 3.38. The molecule has 1 aliphatic heterocycles. The highest BCUT2D eigenvalue weighted by atomic mass is 16.5. The predicted molar refractivity (Wildman–Crippen MR) is 72.8 cm³/mol. The standard InChI is InChI=1S/C15H21NO3/c17-14(7-6-13-4-2-1-3-5-13)12-15(18)16-8-10-19-11-9-16/h1-5,14,17H,6-12H2/t14-/m0/s1. The maximum atomic E-state index is 11.9.